The SMILES string of the molecule is [B]c1c([B])c(-c2c([B])c([B])c3c([B])c([B])c4c([B])c([B])c([B])c5c([B])c([B])c2c3c45)c([B])c([B])c1-c1c([B])c(-c2c([B])c([B])c3oc4c([B])c([B])c([B])c([B])c4c3c2[B])c([B])c(-c2c([B])c([B])c3c([B])c([B])c4c([B])c([B])c([B])c5c([B])c([B])c2c3c45)c1[B]. The van der Waals surface area contributed by atoms with Crippen LogP contribution in [0.2, 0.25) is 0 Å². The standard InChI is InChI=1S/C56B32O/c57-23-15(7-5-1-3-11(33(67)27(5)61)43(77)49(83)45(79)13(3)37(71)35(69)9(1)31(65)29(7)63)24(58)18(25(59)17(23)19-26(60)21-22-48(82)51(85)52(86)54(88)56(22)89-55(21)53(87)47(19)81)20-41(75)39(73)16(40(74)42(20)76)8-6-2-4-12(34(68)28(6)62)44(78)50(84)46(80)14(4)38(72)36(70)10(2)32(66)30(8)64. The minimum atomic E-state index is -0.349. The molecule has 0 saturated heterocycles. The third-order valence-corrected chi connectivity index (χ3v) is 18.1. The summed E-state index contributed by atoms with van der Waals surface area (Å²) in [7, 11) is 223. The van der Waals surface area contributed by atoms with Crippen molar-refractivity contribution in [3.05, 3.63) is 0 Å². The van der Waals surface area contributed by atoms with Crippen molar-refractivity contribution in [2.75, 3.05) is 0 Å². The van der Waals surface area contributed by atoms with Crippen LogP contribution in [0.3, 0.4) is 0 Å². The molecule has 89 heavy (non-hydrogen) atoms. The predicted octanol–water partition coefficient (Wildman–Crippen LogP) is -22.5. The van der Waals surface area contributed by atoms with Crippen molar-refractivity contribution in [1.29, 1.82) is 0 Å². The first-order valence-corrected chi connectivity index (χ1v) is 26.4. The van der Waals surface area contributed by atoms with E-state index in [0.717, 1.165) is 0 Å². The number of hydrogen-bond acceptors (Lipinski definition) is 1. The second kappa shape index (κ2) is 20.5. The predicted molar refractivity (Wildman–Crippen MR) is 415 cm³/mol. The van der Waals surface area contributed by atoms with E-state index in [9.17, 15) is 0 Å². The van der Waals surface area contributed by atoms with Crippen molar-refractivity contribution < 1.29 is 4.42 Å². The van der Waals surface area contributed by atoms with Crippen LogP contribution in [0.4, 0.5) is 0 Å². The number of rotatable bonds is 4. The van der Waals surface area contributed by atoms with Gasteiger partial charge in [-0.1, -0.05) is 153 Å². The minimum absolute atomic E-state index is 0.00985. The lowest BCUT2D eigenvalue weighted by atomic mass is 9.54. The third-order valence-electron chi connectivity index (χ3n) is 18.1. The van der Waals surface area contributed by atoms with Gasteiger partial charge in [-0.2, -0.15) is 0 Å². The van der Waals surface area contributed by atoms with Crippen molar-refractivity contribution in [2.45, 2.75) is 0 Å². The van der Waals surface area contributed by atoms with Crippen LogP contribution in [0.5, 0.6) is 0 Å². The second-order valence-corrected chi connectivity index (χ2v) is 22.2. The van der Waals surface area contributed by atoms with E-state index >= 15 is 0 Å². The van der Waals surface area contributed by atoms with Crippen molar-refractivity contribution in [2.24, 2.45) is 0 Å². The van der Waals surface area contributed by atoms with Crippen LogP contribution in [0, 0.1) is 0 Å². The minimum Gasteiger partial charge on any atom is -0.457 e. The molecule has 1 heterocycles. The Labute approximate surface area is 557 Å². The highest BCUT2D eigenvalue weighted by atomic mass is 16.3. The highest BCUT2D eigenvalue weighted by Crippen LogP contribution is 2.37. The van der Waals surface area contributed by atoms with Crippen molar-refractivity contribution in [1.82, 2.24) is 0 Å². The highest BCUT2D eigenvalue weighted by Gasteiger charge is 2.33. The molecule has 33 heteroatoms. The maximum atomic E-state index is 7.61. The van der Waals surface area contributed by atoms with Crippen molar-refractivity contribution >= 4 is 512 Å². The summed E-state index contributed by atoms with van der Waals surface area (Å²) in [6.45, 7) is 0. The van der Waals surface area contributed by atoms with Gasteiger partial charge in [0.15, 0.2) is 0 Å². The van der Waals surface area contributed by atoms with Gasteiger partial charge < -0.3 is 4.42 Å². The Kier molecular flexibility index (Phi) is 14.4. The van der Waals surface area contributed by atoms with E-state index in [1.54, 1.807) is 0 Å². The van der Waals surface area contributed by atoms with E-state index in [1.165, 1.54) is 0 Å². The fraction of sp³-hybridized carbons (Fsp3) is 0. The van der Waals surface area contributed by atoms with Gasteiger partial charge in [-0.3, -0.25) is 0 Å². The molecule has 12 aromatic carbocycles. The van der Waals surface area contributed by atoms with E-state index in [0.29, 0.717) is 0 Å². The average molecular weight is 1030 g/mol. The molecule has 1 nitrogen and oxygen atoms in total. The third kappa shape index (κ3) is 7.55. The Balaban J connectivity index is 1.24. The summed E-state index contributed by atoms with van der Waals surface area (Å²) in [6.07, 6.45) is 0. The monoisotopic (exact) mass is 1040 g/mol. The molecule has 0 saturated carbocycles. The first-order chi connectivity index (χ1) is 41.6. The van der Waals surface area contributed by atoms with Crippen LogP contribution in [-0.4, -0.2) is 251 Å². The fourth-order valence-electron chi connectivity index (χ4n) is 13.7. The Morgan fingerprint density at radius 3 is 0.584 bits per heavy atom. The molecule has 0 unspecified atom stereocenters. The molecule has 0 atom stereocenters. The smallest absolute Gasteiger partial charge is 0.127 e. The maximum absolute atomic E-state index is 7.61. The van der Waals surface area contributed by atoms with E-state index in [1.807, 2.05) is 0 Å². The van der Waals surface area contributed by atoms with E-state index < -0.39 is 0 Å². The van der Waals surface area contributed by atoms with Crippen LogP contribution in [0.1, 0.15) is 0 Å². The fourth-order valence-corrected chi connectivity index (χ4v) is 13.7. The lowest BCUT2D eigenvalue weighted by molar-refractivity contribution is 0.675. The first kappa shape index (κ1) is 62.4. The normalized spacial score (nSPS) is 12.1. The molecule has 0 aliphatic rings. The molecule has 0 aliphatic heterocycles. The van der Waals surface area contributed by atoms with E-state index in [-0.39, 0.29) is 306 Å². The first-order valence-electron chi connectivity index (χ1n) is 26.4. The zero-order valence-electron chi connectivity index (χ0n) is 46.9. The molecule has 64 radical (unpaired) electrons. The second-order valence-electron chi connectivity index (χ2n) is 22.2. The maximum Gasteiger partial charge on any atom is 0.127 e. The summed E-state index contributed by atoms with van der Waals surface area (Å²) < 4.78 is 6.24. The Bertz CT molecular complexity index is 5550. The van der Waals surface area contributed by atoms with Gasteiger partial charge in [0, 0.05) is 10.8 Å². The van der Waals surface area contributed by atoms with Gasteiger partial charge in [-0.25, -0.2) is 0 Å². The van der Waals surface area contributed by atoms with E-state index in [4.69, 9.17) is 255 Å². The number of hydrogen-bond donors (Lipinski definition) is 0. The van der Waals surface area contributed by atoms with Crippen molar-refractivity contribution in [3.8, 4) is 44.5 Å². The molecule has 0 spiro atoms. The quantitative estimate of drug-likeness (QED) is 0.126. The summed E-state index contributed by atoms with van der Waals surface area (Å²) in [5.41, 5.74) is -6.35. The molecule has 0 fully saturated rings. The number of furan rings is 1. The van der Waals surface area contributed by atoms with Gasteiger partial charge in [0.25, 0.3) is 0 Å². The molecule has 13 rings (SSSR count). The van der Waals surface area contributed by atoms with Gasteiger partial charge in [-0.05, 0) is 109 Å². The van der Waals surface area contributed by atoms with Gasteiger partial charge in [-0.15, -0.1) is 21.9 Å². The van der Waals surface area contributed by atoms with Crippen LogP contribution in [-0.2, 0) is 0 Å². The zero-order valence-corrected chi connectivity index (χ0v) is 46.9. The molecule has 0 amide bonds. The molecule has 0 N–H and O–H groups in total. The Hall–Kier alpha value is -5.40. The summed E-state index contributed by atoms with van der Waals surface area (Å²) in [5, 5.41) is 2.14. The van der Waals surface area contributed by atoms with Crippen LogP contribution in [0.25, 0.3) is 131 Å². The largest absolute Gasteiger partial charge is 0.457 e. The molecular formula is C56B32O. The van der Waals surface area contributed by atoms with Crippen LogP contribution in [0.15, 0.2) is 4.42 Å². The Morgan fingerprint density at radius 2 is 0.258 bits per heavy atom. The van der Waals surface area contributed by atoms with Gasteiger partial charge in [0.1, 0.15) is 262 Å². The molecular weight excluding hydrogens is 1030 g/mol. The summed E-state index contributed by atoms with van der Waals surface area (Å²) in [5.74, 6) is 0. The van der Waals surface area contributed by atoms with Gasteiger partial charge >= 0.3 is 0 Å². The highest BCUT2D eigenvalue weighted by molar-refractivity contribution is 6.80. The Morgan fingerprint density at radius 1 is 0.101 bits per heavy atom. The number of fused-ring (bicyclic) bond motifs is 3. The van der Waals surface area contributed by atoms with Gasteiger partial charge in [0.05, 0.1) is 0 Å². The van der Waals surface area contributed by atoms with Crippen LogP contribution < -0.4 is 175 Å². The lowest BCUT2D eigenvalue weighted by Gasteiger charge is -2.34. The summed E-state index contributed by atoms with van der Waals surface area (Å²) in [6, 6.07) is 0. The van der Waals surface area contributed by atoms with Gasteiger partial charge in [0.2, 0.25) is 0 Å². The van der Waals surface area contributed by atoms with Crippen molar-refractivity contribution in [3.63, 3.8) is 0 Å². The summed E-state index contributed by atoms with van der Waals surface area (Å²) >= 11 is 0. The van der Waals surface area contributed by atoms with E-state index in [2.05, 4.69) is 0 Å². The molecule has 1 aromatic heterocycles. The zero-order chi connectivity index (χ0) is 65.0. The molecule has 0 bridgehead atoms. The summed E-state index contributed by atoms with van der Waals surface area (Å²) in [4.78, 5) is 0. The van der Waals surface area contributed by atoms with Crippen LogP contribution >= 0.6 is 0 Å². The molecule has 13 aromatic rings. The number of benzene rings is 12. The molecule has 0 aliphatic carbocycles. The molecule has 326 valence electrons. The lowest BCUT2D eigenvalue weighted by Crippen LogP contribution is -2.50. The average Bonchev–Trinajstić information content (AvgIpc) is 0.866. The topological polar surface area (TPSA) is 13.1 Å².